The smallest absolute Gasteiger partial charge is 0.134 e. The number of aryl methyl sites for hydroxylation is 1. The molecule has 3 aromatic rings. The molecular weight excluding hydrogens is 318 g/mol. The minimum Gasteiger partial charge on any atom is -0.340 e. The zero-order chi connectivity index (χ0) is 16.8. The molecule has 0 saturated heterocycles. The second-order valence-corrected chi connectivity index (χ2v) is 6.17. The van der Waals surface area contributed by atoms with Gasteiger partial charge in [0.25, 0.3) is 0 Å². The molecule has 0 saturated carbocycles. The van der Waals surface area contributed by atoms with Crippen LogP contribution in [0.2, 0.25) is 5.02 Å². The zero-order valence-corrected chi connectivity index (χ0v) is 14.3. The van der Waals surface area contributed by atoms with Gasteiger partial charge in [0.05, 0.1) is 0 Å². The van der Waals surface area contributed by atoms with Crippen LogP contribution in [0, 0.1) is 6.92 Å². The van der Waals surface area contributed by atoms with Gasteiger partial charge in [0.2, 0.25) is 0 Å². The first-order chi connectivity index (χ1) is 11.7. The van der Waals surface area contributed by atoms with E-state index in [1.165, 1.54) is 11.1 Å². The predicted octanol–water partition coefficient (Wildman–Crippen LogP) is 5.08. The Balaban J connectivity index is 1.63. The second kappa shape index (κ2) is 7.95. The first-order valence-electron chi connectivity index (χ1n) is 7.93. The SMILES string of the molecule is Cc1ccc(CNCc2cccnc2Nc2ccc(Cl)cc2)cc1. The Morgan fingerprint density at radius 3 is 2.42 bits per heavy atom. The summed E-state index contributed by atoms with van der Waals surface area (Å²) in [6, 6.07) is 20.2. The lowest BCUT2D eigenvalue weighted by molar-refractivity contribution is 0.692. The summed E-state index contributed by atoms with van der Waals surface area (Å²) in [4.78, 5) is 4.45. The lowest BCUT2D eigenvalue weighted by Crippen LogP contribution is -2.14. The number of halogens is 1. The van der Waals surface area contributed by atoms with Crippen molar-refractivity contribution in [2.75, 3.05) is 5.32 Å². The Kier molecular flexibility index (Phi) is 5.47. The first kappa shape index (κ1) is 16.5. The first-order valence-corrected chi connectivity index (χ1v) is 8.31. The van der Waals surface area contributed by atoms with E-state index < -0.39 is 0 Å². The van der Waals surface area contributed by atoms with Gasteiger partial charge in [-0.25, -0.2) is 4.98 Å². The quantitative estimate of drug-likeness (QED) is 0.658. The van der Waals surface area contributed by atoms with Crippen LogP contribution in [-0.2, 0) is 13.1 Å². The van der Waals surface area contributed by atoms with E-state index in [0.717, 1.165) is 35.2 Å². The van der Waals surface area contributed by atoms with Crippen LogP contribution in [0.25, 0.3) is 0 Å². The molecule has 0 unspecified atom stereocenters. The highest BCUT2D eigenvalue weighted by Gasteiger charge is 2.04. The highest BCUT2D eigenvalue weighted by molar-refractivity contribution is 6.30. The molecule has 1 aromatic heterocycles. The number of rotatable bonds is 6. The van der Waals surface area contributed by atoms with E-state index in [9.17, 15) is 0 Å². The van der Waals surface area contributed by atoms with Crippen molar-refractivity contribution >= 4 is 23.1 Å². The fourth-order valence-electron chi connectivity index (χ4n) is 2.41. The number of anilines is 2. The lowest BCUT2D eigenvalue weighted by Gasteiger charge is -2.12. The molecule has 3 rings (SSSR count). The monoisotopic (exact) mass is 337 g/mol. The molecule has 3 nitrogen and oxygen atoms in total. The fourth-order valence-corrected chi connectivity index (χ4v) is 2.54. The normalized spacial score (nSPS) is 10.6. The zero-order valence-electron chi connectivity index (χ0n) is 13.6. The molecular formula is C20H20ClN3. The predicted molar refractivity (Wildman–Crippen MR) is 101 cm³/mol. The Bertz CT molecular complexity index is 783. The summed E-state index contributed by atoms with van der Waals surface area (Å²) < 4.78 is 0. The number of benzene rings is 2. The van der Waals surface area contributed by atoms with Gasteiger partial charge in [0.15, 0.2) is 0 Å². The standard InChI is InChI=1S/C20H20ClN3/c1-15-4-6-16(7-5-15)13-22-14-17-3-2-12-23-20(17)24-19-10-8-18(21)9-11-19/h2-12,22H,13-14H2,1H3,(H,23,24). The number of nitrogens with one attached hydrogen (secondary N) is 2. The number of pyridine rings is 1. The van der Waals surface area contributed by atoms with Gasteiger partial charge in [0.1, 0.15) is 5.82 Å². The van der Waals surface area contributed by atoms with Crippen LogP contribution in [-0.4, -0.2) is 4.98 Å². The third-order valence-corrected chi connectivity index (χ3v) is 4.02. The second-order valence-electron chi connectivity index (χ2n) is 5.73. The van der Waals surface area contributed by atoms with Gasteiger partial charge < -0.3 is 10.6 Å². The van der Waals surface area contributed by atoms with Gasteiger partial charge in [-0.3, -0.25) is 0 Å². The van der Waals surface area contributed by atoms with Crippen molar-refractivity contribution in [3.8, 4) is 0 Å². The van der Waals surface area contributed by atoms with E-state index in [0.29, 0.717) is 0 Å². The highest BCUT2D eigenvalue weighted by Crippen LogP contribution is 2.20. The van der Waals surface area contributed by atoms with Crippen molar-refractivity contribution in [3.05, 3.63) is 88.6 Å². The maximum atomic E-state index is 5.93. The summed E-state index contributed by atoms with van der Waals surface area (Å²) >= 11 is 5.93. The Labute approximate surface area is 147 Å². The minimum absolute atomic E-state index is 0.724. The van der Waals surface area contributed by atoms with Crippen molar-refractivity contribution in [2.24, 2.45) is 0 Å². The van der Waals surface area contributed by atoms with Crippen molar-refractivity contribution in [1.82, 2.24) is 10.3 Å². The molecule has 0 amide bonds. The van der Waals surface area contributed by atoms with Crippen LogP contribution in [0.3, 0.4) is 0 Å². The topological polar surface area (TPSA) is 37.0 Å². The molecule has 2 N–H and O–H groups in total. The lowest BCUT2D eigenvalue weighted by atomic mass is 10.1. The number of hydrogen-bond donors (Lipinski definition) is 2. The number of aromatic nitrogens is 1. The van der Waals surface area contributed by atoms with Gasteiger partial charge in [-0.05, 0) is 42.8 Å². The molecule has 122 valence electrons. The van der Waals surface area contributed by atoms with Crippen LogP contribution < -0.4 is 10.6 Å². The van der Waals surface area contributed by atoms with Crippen LogP contribution in [0.15, 0.2) is 66.9 Å². The maximum Gasteiger partial charge on any atom is 0.134 e. The maximum absolute atomic E-state index is 5.93. The van der Waals surface area contributed by atoms with Crippen molar-refractivity contribution in [3.63, 3.8) is 0 Å². The summed E-state index contributed by atoms with van der Waals surface area (Å²) in [6.07, 6.45) is 1.79. The average Bonchev–Trinajstić information content (AvgIpc) is 2.60. The van der Waals surface area contributed by atoms with Gasteiger partial charge in [-0.1, -0.05) is 47.5 Å². The summed E-state index contributed by atoms with van der Waals surface area (Å²) in [5.41, 5.74) is 4.65. The van der Waals surface area contributed by atoms with Crippen molar-refractivity contribution in [1.29, 1.82) is 0 Å². The molecule has 24 heavy (non-hydrogen) atoms. The Morgan fingerprint density at radius 2 is 1.67 bits per heavy atom. The van der Waals surface area contributed by atoms with E-state index in [1.54, 1.807) is 6.20 Å². The van der Waals surface area contributed by atoms with E-state index in [4.69, 9.17) is 11.6 Å². The molecule has 0 aliphatic rings. The third-order valence-electron chi connectivity index (χ3n) is 3.76. The van der Waals surface area contributed by atoms with Crippen LogP contribution in [0.1, 0.15) is 16.7 Å². The number of hydrogen-bond acceptors (Lipinski definition) is 3. The van der Waals surface area contributed by atoms with E-state index in [-0.39, 0.29) is 0 Å². The molecule has 0 bridgehead atoms. The van der Waals surface area contributed by atoms with Crippen LogP contribution in [0.4, 0.5) is 11.5 Å². The van der Waals surface area contributed by atoms with E-state index in [2.05, 4.69) is 52.9 Å². The average molecular weight is 338 g/mol. The van der Waals surface area contributed by atoms with Crippen LogP contribution in [0.5, 0.6) is 0 Å². The summed E-state index contributed by atoms with van der Waals surface area (Å²) in [5, 5.41) is 7.54. The molecule has 0 aliphatic heterocycles. The summed E-state index contributed by atoms with van der Waals surface area (Å²) in [7, 11) is 0. The minimum atomic E-state index is 0.724. The van der Waals surface area contributed by atoms with Gasteiger partial charge in [-0.2, -0.15) is 0 Å². The Morgan fingerprint density at radius 1 is 0.917 bits per heavy atom. The summed E-state index contributed by atoms with van der Waals surface area (Å²) in [5.74, 6) is 0.858. The fraction of sp³-hybridized carbons (Fsp3) is 0.150. The van der Waals surface area contributed by atoms with Gasteiger partial charge in [-0.15, -0.1) is 0 Å². The molecule has 2 aromatic carbocycles. The molecule has 1 heterocycles. The molecule has 4 heteroatoms. The summed E-state index contributed by atoms with van der Waals surface area (Å²) in [6.45, 7) is 3.68. The van der Waals surface area contributed by atoms with Crippen molar-refractivity contribution in [2.45, 2.75) is 20.0 Å². The van der Waals surface area contributed by atoms with Crippen molar-refractivity contribution < 1.29 is 0 Å². The van der Waals surface area contributed by atoms with E-state index >= 15 is 0 Å². The van der Waals surface area contributed by atoms with Crippen LogP contribution >= 0.6 is 11.6 Å². The van der Waals surface area contributed by atoms with Gasteiger partial charge >= 0.3 is 0 Å². The molecule has 0 atom stereocenters. The van der Waals surface area contributed by atoms with E-state index in [1.807, 2.05) is 30.3 Å². The van der Waals surface area contributed by atoms with Gasteiger partial charge in [0, 0.05) is 35.6 Å². The largest absolute Gasteiger partial charge is 0.340 e. The molecule has 0 aliphatic carbocycles. The number of nitrogens with zero attached hydrogens (tertiary/aromatic N) is 1. The third kappa shape index (κ3) is 4.57. The molecule has 0 radical (unpaired) electrons. The highest BCUT2D eigenvalue weighted by atomic mass is 35.5. The molecule has 0 spiro atoms. The molecule has 0 fully saturated rings. The Hall–Kier alpha value is -2.36.